The summed E-state index contributed by atoms with van der Waals surface area (Å²) in [6.07, 6.45) is 2.26. The molecule has 0 saturated carbocycles. The van der Waals surface area contributed by atoms with Crippen molar-refractivity contribution in [1.82, 2.24) is 15.5 Å². The van der Waals surface area contributed by atoms with E-state index in [0.717, 1.165) is 29.7 Å². The van der Waals surface area contributed by atoms with Crippen LogP contribution in [0.1, 0.15) is 33.6 Å². The molecule has 1 aliphatic carbocycles. The number of nitrogens with zero attached hydrogens (tertiary/aromatic N) is 1. The number of hydrogen-bond donors (Lipinski definition) is 2. The van der Waals surface area contributed by atoms with E-state index in [9.17, 15) is 9.59 Å². The minimum absolute atomic E-state index is 0.0508. The SMILES string of the molecule is Cc1ccc(C(=O)NC2CCc3n[nH]c(=O)cc3C2)cc1. The Bertz CT molecular complexity index is 719. The number of rotatable bonds is 2. The molecule has 0 radical (unpaired) electrons. The molecule has 1 aromatic carbocycles. The molecule has 5 heteroatoms. The predicted octanol–water partition coefficient (Wildman–Crippen LogP) is 1.37. The smallest absolute Gasteiger partial charge is 0.264 e. The molecule has 0 saturated heterocycles. The maximum atomic E-state index is 12.2. The van der Waals surface area contributed by atoms with Crippen LogP contribution in [-0.4, -0.2) is 22.1 Å². The fourth-order valence-corrected chi connectivity index (χ4v) is 2.64. The van der Waals surface area contributed by atoms with Gasteiger partial charge in [-0.2, -0.15) is 5.10 Å². The second-order valence-corrected chi connectivity index (χ2v) is 5.48. The third-order valence-corrected chi connectivity index (χ3v) is 3.82. The van der Waals surface area contributed by atoms with Crippen LogP contribution in [-0.2, 0) is 12.8 Å². The number of hydrogen-bond acceptors (Lipinski definition) is 3. The summed E-state index contributed by atoms with van der Waals surface area (Å²) in [6.45, 7) is 1.99. The van der Waals surface area contributed by atoms with Crippen LogP contribution in [0.15, 0.2) is 35.1 Å². The quantitative estimate of drug-likeness (QED) is 0.874. The van der Waals surface area contributed by atoms with Crippen molar-refractivity contribution in [3.63, 3.8) is 0 Å². The number of carbonyl (C=O) groups is 1. The number of fused-ring (bicyclic) bond motifs is 1. The first-order valence-corrected chi connectivity index (χ1v) is 7.07. The van der Waals surface area contributed by atoms with Crippen molar-refractivity contribution >= 4 is 5.91 Å². The number of aryl methyl sites for hydroxylation is 2. The Kier molecular flexibility index (Phi) is 3.56. The number of benzene rings is 1. The molecule has 0 bridgehead atoms. The van der Waals surface area contributed by atoms with Crippen LogP contribution in [0.4, 0.5) is 0 Å². The Balaban J connectivity index is 1.70. The van der Waals surface area contributed by atoms with Gasteiger partial charge in [0.1, 0.15) is 0 Å². The summed E-state index contributed by atoms with van der Waals surface area (Å²) in [5.41, 5.74) is 3.45. The van der Waals surface area contributed by atoms with Gasteiger partial charge in [0.2, 0.25) is 0 Å². The van der Waals surface area contributed by atoms with E-state index in [0.29, 0.717) is 12.0 Å². The lowest BCUT2D eigenvalue weighted by molar-refractivity contribution is 0.0933. The zero-order valence-electron chi connectivity index (χ0n) is 11.8. The van der Waals surface area contributed by atoms with Gasteiger partial charge in [0.25, 0.3) is 11.5 Å². The van der Waals surface area contributed by atoms with Crippen molar-refractivity contribution in [1.29, 1.82) is 0 Å². The largest absolute Gasteiger partial charge is 0.349 e. The molecule has 2 aromatic rings. The highest BCUT2D eigenvalue weighted by atomic mass is 16.1. The summed E-state index contributed by atoms with van der Waals surface area (Å²) in [5.74, 6) is -0.0683. The second-order valence-electron chi connectivity index (χ2n) is 5.48. The van der Waals surface area contributed by atoms with E-state index >= 15 is 0 Å². The Labute approximate surface area is 122 Å². The van der Waals surface area contributed by atoms with E-state index in [2.05, 4.69) is 15.5 Å². The highest BCUT2D eigenvalue weighted by molar-refractivity contribution is 5.94. The number of nitrogens with one attached hydrogen (secondary N) is 2. The first-order valence-electron chi connectivity index (χ1n) is 7.07. The summed E-state index contributed by atoms with van der Waals surface area (Å²) in [7, 11) is 0. The van der Waals surface area contributed by atoms with Gasteiger partial charge in [0, 0.05) is 17.7 Å². The molecule has 5 nitrogen and oxygen atoms in total. The number of amides is 1. The molecule has 1 amide bonds. The molecule has 21 heavy (non-hydrogen) atoms. The predicted molar refractivity (Wildman–Crippen MR) is 79.3 cm³/mol. The zero-order chi connectivity index (χ0) is 14.8. The average molecular weight is 283 g/mol. The molecule has 3 rings (SSSR count). The molecule has 1 heterocycles. The number of aromatic nitrogens is 2. The Morgan fingerprint density at radius 1 is 1.33 bits per heavy atom. The summed E-state index contributed by atoms with van der Waals surface area (Å²) in [6, 6.07) is 9.13. The van der Waals surface area contributed by atoms with Crippen molar-refractivity contribution in [2.45, 2.75) is 32.2 Å². The van der Waals surface area contributed by atoms with Crippen molar-refractivity contribution in [2.24, 2.45) is 0 Å². The van der Waals surface area contributed by atoms with E-state index < -0.39 is 0 Å². The highest BCUT2D eigenvalue weighted by Crippen LogP contribution is 2.18. The van der Waals surface area contributed by atoms with E-state index in [1.54, 1.807) is 6.07 Å². The van der Waals surface area contributed by atoms with Gasteiger partial charge >= 0.3 is 0 Å². The summed E-state index contributed by atoms with van der Waals surface area (Å²) in [5, 5.41) is 9.54. The molecule has 0 fully saturated rings. The molecule has 1 unspecified atom stereocenters. The van der Waals surface area contributed by atoms with Crippen LogP contribution in [0, 0.1) is 6.92 Å². The number of carbonyl (C=O) groups excluding carboxylic acids is 1. The van der Waals surface area contributed by atoms with Crippen LogP contribution in [0.2, 0.25) is 0 Å². The molecule has 0 spiro atoms. The standard InChI is InChI=1S/C16H17N3O2/c1-10-2-4-11(5-3-10)16(21)17-13-6-7-14-12(8-13)9-15(20)19-18-14/h2-5,9,13H,6-8H2,1H3,(H,17,21)(H,19,20). The lowest BCUT2D eigenvalue weighted by atomic mass is 9.92. The minimum Gasteiger partial charge on any atom is -0.349 e. The molecular formula is C16H17N3O2. The maximum absolute atomic E-state index is 12.2. The molecule has 2 N–H and O–H groups in total. The van der Waals surface area contributed by atoms with Crippen molar-refractivity contribution in [3.05, 3.63) is 63.1 Å². The van der Waals surface area contributed by atoms with Crippen LogP contribution < -0.4 is 10.9 Å². The van der Waals surface area contributed by atoms with Gasteiger partial charge in [-0.15, -0.1) is 0 Å². The van der Waals surface area contributed by atoms with Gasteiger partial charge in [-0.05, 0) is 43.9 Å². The van der Waals surface area contributed by atoms with Gasteiger partial charge in [-0.3, -0.25) is 9.59 Å². The summed E-state index contributed by atoms with van der Waals surface area (Å²) < 4.78 is 0. The van der Waals surface area contributed by atoms with Gasteiger partial charge in [-0.25, -0.2) is 5.10 Å². The highest BCUT2D eigenvalue weighted by Gasteiger charge is 2.22. The van der Waals surface area contributed by atoms with E-state index in [4.69, 9.17) is 0 Å². The Morgan fingerprint density at radius 2 is 2.10 bits per heavy atom. The number of H-pyrrole nitrogens is 1. The molecule has 1 atom stereocenters. The minimum atomic E-state index is -0.195. The van der Waals surface area contributed by atoms with Crippen LogP contribution in [0.3, 0.4) is 0 Å². The van der Waals surface area contributed by atoms with Crippen molar-refractivity contribution < 1.29 is 4.79 Å². The van der Waals surface area contributed by atoms with E-state index in [1.807, 2.05) is 31.2 Å². The normalized spacial score (nSPS) is 17.1. The average Bonchev–Trinajstić information content (AvgIpc) is 2.47. The van der Waals surface area contributed by atoms with Crippen molar-refractivity contribution in [2.75, 3.05) is 0 Å². The van der Waals surface area contributed by atoms with Crippen LogP contribution >= 0.6 is 0 Å². The summed E-state index contributed by atoms with van der Waals surface area (Å²) >= 11 is 0. The molecule has 1 aromatic heterocycles. The Morgan fingerprint density at radius 3 is 2.86 bits per heavy atom. The van der Waals surface area contributed by atoms with E-state index in [-0.39, 0.29) is 17.5 Å². The third kappa shape index (κ3) is 3.02. The fraction of sp³-hybridized carbons (Fsp3) is 0.312. The first kappa shape index (κ1) is 13.5. The van der Waals surface area contributed by atoms with Gasteiger partial charge in [-0.1, -0.05) is 17.7 Å². The monoisotopic (exact) mass is 283 g/mol. The summed E-state index contributed by atoms with van der Waals surface area (Å²) in [4.78, 5) is 23.5. The Hall–Kier alpha value is -2.43. The topological polar surface area (TPSA) is 74.8 Å². The van der Waals surface area contributed by atoms with Gasteiger partial charge in [0.05, 0.1) is 5.69 Å². The zero-order valence-corrected chi connectivity index (χ0v) is 11.8. The van der Waals surface area contributed by atoms with Crippen LogP contribution in [0.25, 0.3) is 0 Å². The third-order valence-electron chi connectivity index (χ3n) is 3.82. The number of aromatic amines is 1. The van der Waals surface area contributed by atoms with Crippen molar-refractivity contribution in [3.8, 4) is 0 Å². The van der Waals surface area contributed by atoms with Gasteiger partial charge in [0.15, 0.2) is 0 Å². The molecule has 0 aliphatic heterocycles. The second kappa shape index (κ2) is 5.52. The lowest BCUT2D eigenvalue weighted by Crippen LogP contribution is -2.39. The van der Waals surface area contributed by atoms with Crippen LogP contribution in [0.5, 0.6) is 0 Å². The molecule has 1 aliphatic rings. The van der Waals surface area contributed by atoms with Gasteiger partial charge < -0.3 is 5.32 Å². The maximum Gasteiger partial charge on any atom is 0.264 e. The lowest BCUT2D eigenvalue weighted by Gasteiger charge is -2.24. The molecular weight excluding hydrogens is 266 g/mol. The fourth-order valence-electron chi connectivity index (χ4n) is 2.64. The van der Waals surface area contributed by atoms with E-state index in [1.165, 1.54) is 0 Å². The first-order chi connectivity index (χ1) is 10.1. The molecule has 108 valence electrons.